The maximum atomic E-state index is 13.3. The highest BCUT2D eigenvalue weighted by molar-refractivity contribution is 7.93. The van der Waals surface area contributed by atoms with E-state index in [1.807, 2.05) is 0 Å². The lowest BCUT2D eigenvalue weighted by molar-refractivity contribution is -0.137. The number of aromatic carboxylic acids is 1. The quantitative estimate of drug-likeness (QED) is 0.674. The number of alkyl halides is 3. The number of carboxylic acids is 1. The van der Waals surface area contributed by atoms with Gasteiger partial charge in [0.1, 0.15) is 16.3 Å². The number of rotatable bonds is 6. The van der Waals surface area contributed by atoms with Gasteiger partial charge in [-0.05, 0) is 49.6 Å². The number of hydrogen-bond donors (Lipinski definition) is 2. The molecule has 2 N–H and O–H groups in total. The molecule has 1 aliphatic heterocycles. The Morgan fingerprint density at radius 2 is 1.81 bits per heavy atom. The molecule has 11 heteroatoms. The summed E-state index contributed by atoms with van der Waals surface area (Å²) in [5.41, 5.74) is -1.74. The number of hydrogen-bond acceptors (Lipinski definition) is 5. The third-order valence-electron chi connectivity index (χ3n) is 4.99. The molecule has 0 aromatic heterocycles. The Kier molecular flexibility index (Phi) is 6.35. The number of halogens is 3. The Labute approximate surface area is 177 Å². The monoisotopic (exact) mass is 458 g/mol. The molecule has 2 aromatic carbocycles. The minimum atomic E-state index is -4.75. The Hall–Kier alpha value is -2.95. The summed E-state index contributed by atoms with van der Waals surface area (Å²) in [5, 5.41) is 9.41. The molecule has 168 valence electrons. The van der Waals surface area contributed by atoms with E-state index in [2.05, 4.69) is 4.72 Å². The smallest absolute Gasteiger partial charge is 0.416 e. The second-order valence-electron chi connectivity index (χ2n) is 7.02. The first-order valence-corrected chi connectivity index (χ1v) is 10.9. The van der Waals surface area contributed by atoms with Crippen molar-refractivity contribution in [2.75, 3.05) is 29.8 Å². The average Bonchev–Trinajstić information content (AvgIpc) is 2.73. The summed E-state index contributed by atoms with van der Waals surface area (Å²) in [5.74, 6) is -1.49. The Morgan fingerprint density at radius 3 is 2.39 bits per heavy atom. The zero-order chi connectivity index (χ0) is 22.8. The van der Waals surface area contributed by atoms with E-state index in [1.54, 1.807) is 4.90 Å². The lowest BCUT2D eigenvalue weighted by Gasteiger charge is -2.31. The summed E-state index contributed by atoms with van der Waals surface area (Å²) in [6.45, 7) is 1.01. The molecule has 7 nitrogen and oxygen atoms in total. The minimum Gasteiger partial charge on any atom is -0.495 e. The molecule has 0 atom stereocenters. The third-order valence-corrected chi connectivity index (χ3v) is 6.37. The van der Waals surface area contributed by atoms with Gasteiger partial charge in [-0.1, -0.05) is 6.07 Å². The van der Waals surface area contributed by atoms with Crippen LogP contribution in [0.3, 0.4) is 0 Å². The Morgan fingerprint density at radius 1 is 1.13 bits per heavy atom. The molecule has 0 spiro atoms. The standard InChI is InChI=1S/C20H21F3N2O5S/c1-30-16-7-5-6-14(19(26)27)18(16)24-31(28,29)17-12-13(20(21,22)23)8-9-15(17)25-10-3-2-4-11-25/h5-9,12,24H,2-4,10-11H2,1H3,(H,26,27). The van der Waals surface area contributed by atoms with Crippen molar-refractivity contribution >= 4 is 27.4 Å². The normalized spacial score (nSPS) is 14.9. The van der Waals surface area contributed by atoms with Crippen molar-refractivity contribution in [2.24, 2.45) is 0 Å². The van der Waals surface area contributed by atoms with E-state index in [1.165, 1.54) is 25.3 Å². The number of piperidine rings is 1. The molecule has 0 saturated carbocycles. The fourth-order valence-electron chi connectivity index (χ4n) is 3.48. The van der Waals surface area contributed by atoms with Crippen LogP contribution in [-0.4, -0.2) is 39.7 Å². The molecular formula is C20H21F3N2O5S. The molecule has 3 rings (SSSR count). The molecule has 2 aromatic rings. The van der Waals surface area contributed by atoms with E-state index in [0.717, 1.165) is 31.4 Å². The zero-order valence-corrected chi connectivity index (χ0v) is 17.4. The summed E-state index contributed by atoms with van der Waals surface area (Å²) < 4.78 is 73.6. The van der Waals surface area contributed by atoms with Crippen LogP contribution in [0.1, 0.15) is 35.2 Å². The van der Waals surface area contributed by atoms with Gasteiger partial charge < -0.3 is 14.7 Å². The molecule has 1 aliphatic rings. The first-order chi connectivity index (χ1) is 14.5. The van der Waals surface area contributed by atoms with Gasteiger partial charge in [0, 0.05) is 13.1 Å². The topological polar surface area (TPSA) is 95.9 Å². The van der Waals surface area contributed by atoms with E-state index in [4.69, 9.17) is 4.74 Å². The molecule has 31 heavy (non-hydrogen) atoms. The third kappa shape index (κ3) is 4.87. The fraction of sp³-hybridized carbons (Fsp3) is 0.350. The van der Waals surface area contributed by atoms with Crippen LogP contribution in [0.4, 0.5) is 24.5 Å². The van der Waals surface area contributed by atoms with Crippen molar-refractivity contribution in [1.82, 2.24) is 0 Å². The molecule has 0 unspecified atom stereocenters. The van der Waals surface area contributed by atoms with Crippen molar-refractivity contribution in [3.63, 3.8) is 0 Å². The largest absolute Gasteiger partial charge is 0.495 e. The van der Waals surface area contributed by atoms with Gasteiger partial charge in [0.05, 0.1) is 23.9 Å². The maximum absolute atomic E-state index is 13.3. The second kappa shape index (κ2) is 8.66. The SMILES string of the molecule is COc1cccc(C(=O)O)c1NS(=O)(=O)c1cc(C(F)(F)F)ccc1N1CCCCC1. The molecule has 0 radical (unpaired) electrons. The van der Waals surface area contributed by atoms with Crippen LogP contribution < -0.4 is 14.4 Å². The van der Waals surface area contributed by atoms with Gasteiger partial charge in [-0.3, -0.25) is 4.72 Å². The zero-order valence-electron chi connectivity index (χ0n) is 16.6. The predicted molar refractivity (Wildman–Crippen MR) is 108 cm³/mol. The van der Waals surface area contributed by atoms with Gasteiger partial charge in [0.25, 0.3) is 10.0 Å². The average molecular weight is 458 g/mol. The van der Waals surface area contributed by atoms with Crippen LogP contribution in [0.15, 0.2) is 41.3 Å². The van der Waals surface area contributed by atoms with Crippen LogP contribution in [0, 0.1) is 0 Å². The number of carbonyl (C=O) groups is 1. The number of nitrogens with one attached hydrogen (secondary N) is 1. The first kappa shape index (κ1) is 22.7. The van der Waals surface area contributed by atoms with Crippen molar-refractivity contribution in [3.05, 3.63) is 47.5 Å². The van der Waals surface area contributed by atoms with Gasteiger partial charge in [-0.25, -0.2) is 13.2 Å². The van der Waals surface area contributed by atoms with E-state index in [9.17, 15) is 31.5 Å². The molecular weight excluding hydrogens is 437 g/mol. The highest BCUT2D eigenvalue weighted by Gasteiger charge is 2.34. The summed E-state index contributed by atoms with van der Waals surface area (Å²) in [6, 6.07) is 6.44. The van der Waals surface area contributed by atoms with Crippen LogP contribution in [0.25, 0.3) is 0 Å². The summed E-state index contributed by atoms with van der Waals surface area (Å²) in [7, 11) is -3.38. The molecule has 0 amide bonds. The first-order valence-electron chi connectivity index (χ1n) is 9.44. The van der Waals surface area contributed by atoms with E-state index >= 15 is 0 Å². The number of methoxy groups -OCH3 is 1. The summed E-state index contributed by atoms with van der Waals surface area (Å²) in [6.07, 6.45) is -2.24. The van der Waals surface area contributed by atoms with Crippen LogP contribution in [0.5, 0.6) is 5.75 Å². The van der Waals surface area contributed by atoms with Gasteiger partial charge in [-0.15, -0.1) is 0 Å². The van der Waals surface area contributed by atoms with E-state index in [0.29, 0.717) is 19.2 Å². The second-order valence-corrected chi connectivity index (χ2v) is 8.67. The van der Waals surface area contributed by atoms with Crippen LogP contribution >= 0.6 is 0 Å². The Bertz CT molecular complexity index is 1080. The van der Waals surface area contributed by atoms with E-state index < -0.39 is 38.2 Å². The number of anilines is 2. The summed E-state index contributed by atoms with van der Waals surface area (Å²) >= 11 is 0. The van der Waals surface area contributed by atoms with E-state index in [-0.39, 0.29) is 17.1 Å². The number of sulfonamides is 1. The number of carboxylic acid groups (broad SMARTS) is 1. The highest BCUT2D eigenvalue weighted by Crippen LogP contribution is 2.38. The minimum absolute atomic E-state index is 0.0741. The Balaban J connectivity index is 2.15. The van der Waals surface area contributed by atoms with Gasteiger partial charge in [-0.2, -0.15) is 13.2 Å². The number of para-hydroxylation sites is 1. The maximum Gasteiger partial charge on any atom is 0.416 e. The van der Waals surface area contributed by atoms with Gasteiger partial charge >= 0.3 is 12.1 Å². The molecule has 0 aliphatic carbocycles. The molecule has 1 fully saturated rings. The fourth-order valence-corrected chi connectivity index (χ4v) is 4.82. The molecule has 1 heterocycles. The van der Waals surface area contributed by atoms with Crippen LogP contribution in [0.2, 0.25) is 0 Å². The van der Waals surface area contributed by atoms with Crippen molar-refractivity contribution in [1.29, 1.82) is 0 Å². The number of ether oxygens (including phenoxy) is 1. The molecule has 0 bridgehead atoms. The number of benzene rings is 2. The lowest BCUT2D eigenvalue weighted by atomic mass is 10.1. The summed E-state index contributed by atoms with van der Waals surface area (Å²) in [4.78, 5) is 12.7. The van der Waals surface area contributed by atoms with Gasteiger partial charge in [0.2, 0.25) is 0 Å². The van der Waals surface area contributed by atoms with Crippen molar-refractivity contribution in [3.8, 4) is 5.75 Å². The lowest BCUT2D eigenvalue weighted by Crippen LogP contribution is -2.31. The molecule has 1 saturated heterocycles. The van der Waals surface area contributed by atoms with Crippen molar-refractivity contribution < 1.29 is 36.2 Å². The predicted octanol–water partition coefficient (Wildman–Crippen LogP) is 4.20. The van der Waals surface area contributed by atoms with Crippen LogP contribution in [-0.2, 0) is 16.2 Å². The number of nitrogens with zero attached hydrogens (tertiary/aromatic N) is 1. The van der Waals surface area contributed by atoms with Gasteiger partial charge in [0.15, 0.2) is 0 Å². The van der Waals surface area contributed by atoms with Crippen molar-refractivity contribution in [2.45, 2.75) is 30.3 Å². The highest BCUT2D eigenvalue weighted by atomic mass is 32.2.